The van der Waals surface area contributed by atoms with Crippen LogP contribution in [0.2, 0.25) is 0 Å². The van der Waals surface area contributed by atoms with Crippen LogP contribution in [0, 0.1) is 0 Å². The van der Waals surface area contributed by atoms with Crippen LogP contribution < -0.4 is 0 Å². The molecule has 3 heteroatoms. The molecule has 27 heavy (non-hydrogen) atoms. The topological polar surface area (TPSA) is 36.1 Å². The van der Waals surface area contributed by atoms with Gasteiger partial charge in [0.2, 0.25) is 0 Å². The smallest absolute Gasteiger partial charge is 0.254 e. The van der Waals surface area contributed by atoms with Crippen LogP contribution in [-0.4, -0.2) is 22.3 Å². The number of aromatic nitrogens is 1. The minimum atomic E-state index is -0.102. The van der Waals surface area contributed by atoms with Gasteiger partial charge in [-0.25, -0.2) is 0 Å². The minimum Gasteiger partial charge on any atom is -0.356 e. The lowest BCUT2D eigenvalue weighted by atomic mass is 9.92. The number of para-hydroxylation sites is 1. The highest BCUT2D eigenvalue weighted by Gasteiger charge is 2.34. The third-order valence-electron chi connectivity index (χ3n) is 5.43. The van der Waals surface area contributed by atoms with E-state index in [-0.39, 0.29) is 11.9 Å². The van der Waals surface area contributed by atoms with Gasteiger partial charge in [0.15, 0.2) is 0 Å². The van der Waals surface area contributed by atoms with E-state index in [0.29, 0.717) is 6.54 Å². The summed E-state index contributed by atoms with van der Waals surface area (Å²) in [5.41, 5.74) is 5.47. The third kappa shape index (κ3) is 2.63. The molecule has 1 amide bonds. The molecule has 1 N–H and O–H groups in total. The second-order valence-corrected chi connectivity index (χ2v) is 6.99. The van der Waals surface area contributed by atoms with Gasteiger partial charge in [0.05, 0.1) is 6.04 Å². The number of nitrogens with one attached hydrogen (secondary N) is 1. The van der Waals surface area contributed by atoms with Crippen LogP contribution >= 0.6 is 0 Å². The highest BCUT2D eigenvalue weighted by atomic mass is 16.2. The maximum absolute atomic E-state index is 13.3. The van der Waals surface area contributed by atoms with E-state index in [1.165, 1.54) is 10.9 Å². The Labute approximate surface area is 158 Å². The number of benzene rings is 3. The Morgan fingerprint density at radius 1 is 0.852 bits per heavy atom. The van der Waals surface area contributed by atoms with Gasteiger partial charge in [0.1, 0.15) is 0 Å². The van der Waals surface area contributed by atoms with Gasteiger partial charge in [-0.2, -0.15) is 0 Å². The zero-order valence-corrected chi connectivity index (χ0v) is 14.9. The number of fused-ring (bicyclic) bond motifs is 3. The van der Waals surface area contributed by atoms with Gasteiger partial charge in [0, 0.05) is 28.7 Å². The monoisotopic (exact) mass is 352 g/mol. The van der Waals surface area contributed by atoms with Crippen LogP contribution in [0.4, 0.5) is 0 Å². The van der Waals surface area contributed by atoms with E-state index >= 15 is 0 Å². The van der Waals surface area contributed by atoms with Crippen molar-refractivity contribution in [2.75, 3.05) is 6.54 Å². The Balaban J connectivity index is 1.67. The number of hydrogen-bond acceptors (Lipinski definition) is 1. The van der Waals surface area contributed by atoms with Crippen LogP contribution in [0.5, 0.6) is 0 Å². The normalized spacial score (nSPS) is 16.3. The Kier molecular flexibility index (Phi) is 3.79. The van der Waals surface area contributed by atoms with Crippen molar-refractivity contribution in [2.24, 2.45) is 0 Å². The summed E-state index contributed by atoms with van der Waals surface area (Å²) in [7, 11) is 0. The van der Waals surface area contributed by atoms with Crippen molar-refractivity contribution in [2.45, 2.75) is 12.5 Å². The number of hydrogen-bond donors (Lipinski definition) is 1. The van der Waals surface area contributed by atoms with Crippen molar-refractivity contribution < 1.29 is 4.79 Å². The summed E-state index contributed by atoms with van der Waals surface area (Å²) < 4.78 is 0. The zero-order valence-electron chi connectivity index (χ0n) is 14.9. The zero-order chi connectivity index (χ0) is 18.2. The summed E-state index contributed by atoms with van der Waals surface area (Å²) in [5.74, 6) is 0.0776. The second kappa shape index (κ2) is 6.44. The number of rotatable bonds is 2. The lowest BCUT2D eigenvalue weighted by molar-refractivity contribution is 0.0692. The molecule has 0 fully saturated rings. The number of aromatic amines is 1. The lowest BCUT2D eigenvalue weighted by Gasteiger charge is -2.36. The van der Waals surface area contributed by atoms with E-state index in [0.717, 1.165) is 28.8 Å². The molecule has 0 aliphatic carbocycles. The Hall–Kier alpha value is -3.33. The maximum atomic E-state index is 13.3. The van der Waals surface area contributed by atoms with Gasteiger partial charge in [-0.15, -0.1) is 0 Å². The molecule has 0 saturated carbocycles. The van der Waals surface area contributed by atoms with Crippen molar-refractivity contribution in [1.82, 2.24) is 9.88 Å². The lowest BCUT2D eigenvalue weighted by Crippen LogP contribution is -2.40. The first-order valence-electron chi connectivity index (χ1n) is 9.33. The third-order valence-corrected chi connectivity index (χ3v) is 5.43. The molecule has 0 spiro atoms. The molecule has 1 aliphatic heterocycles. The van der Waals surface area contributed by atoms with Crippen LogP contribution in [0.15, 0.2) is 84.9 Å². The van der Waals surface area contributed by atoms with Gasteiger partial charge in [-0.05, 0) is 35.7 Å². The molecular weight excluding hydrogens is 332 g/mol. The molecule has 1 aromatic heterocycles. The van der Waals surface area contributed by atoms with Gasteiger partial charge in [0.25, 0.3) is 5.91 Å². The van der Waals surface area contributed by atoms with Crippen molar-refractivity contribution >= 4 is 16.8 Å². The molecule has 0 bridgehead atoms. The van der Waals surface area contributed by atoms with E-state index in [1.54, 1.807) is 0 Å². The average molecular weight is 352 g/mol. The SMILES string of the molecule is O=C(c1ccccc1)N1CCc2c([nH]c3ccccc23)[C@@H]1c1ccccc1. The highest BCUT2D eigenvalue weighted by molar-refractivity contribution is 5.95. The first-order chi connectivity index (χ1) is 13.3. The highest BCUT2D eigenvalue weighted by Crippen LogP contribution is 2.38. The molecule has 3 nitrogen and oxygen atoms in total. The number of nitrogens with zero attached hydrogens (tertiary/aromatic N) is 1. The van der Waals surface area contributed by atoms with Crippen LogP contribution in [0.3, 0.4) is 0 Å². The second-order valence-electron chi connectivity index (χ2n) is 6.99. The fourth-order valence-electron chi connectivity index (χ4n) is 4.19. The first-order valence-corrected chi connectivity index (χ1v) is 9.33. The fraction of sp³-hybridized carbons (Fsp3) is 0.125. The molecule has 1 aliphatic rings. The first kappa shape index (κ1) is 15.9. The summed E-state index contributed by atoms with van der Waals surface area (Å²) in [4.78, 5) is 18.9. The average Bonchev–Trinajstić information content (AvgIpc) is 3.12. The quantitative estimate of drug-likeness (QED) is 0.544. The van der Waals surface area contributed by atoms with Crippen molar-refractivity contribution in [3.8, 4) is 0 Å². The molecule has 1 atom stereocenters. The molecule has 0 radical (unpaired) electrons. The predicted molar refractivity (Wildman–Crippen MR) is 108 cm³/mol. The summed E-state index contributed by atoms with van der Waals surface area (Å²) in [6.45, 7) is 0.710. The molecule has 132 valence electrons. The summed E-state index contributed by atoms with van der Waals surface area (Å²) >= 11 is 0. The van der Waals surface area contributed by atoms with Crippen molar-refractivity contribution in [1.29, 1.82) is 0 Å². The van der Waals surface area contributed by atoms with Gasteiger partial charge in [-0.3, -0.25) is 4.79 Å². The summed E-state index contributed by atoms with van der Waals surface area (Å²) in [6, 6.07) is 28.2. The number of carbonyl (C=O) groups excluding carboxylic acids is 1. The largest absolute Gasteiger partial charge is 0.356 e. The van der Waals surface area contributed by atoms with Crippen LogP contribution in [-0.2, 0) is 6.42 Å². The Bertz CT molecular complexity index is 1100. The van der Waals surface area contributed by atoms with Crippen molar-refractivity contribution in [3.63, 3.8) is 0 Å². The minimum absolute atomic E-state index is 0.0776. The number of H-pyrrole nitrogens is 1. The van der Waals surface area contributed by atoms with Crippen LogP contribution in [0.25, 0.3) is 10.9 Å². The summed E-state index contributed by atoms with van der Waals surface area (Å²) in [6.07, 6.45) is 0.862. The molecular formula is C24H20N2O. The van der Waals surface area contributed by atoms with E-state index in [2.05, 4.69) is 41.4 Å². The molecule has 2 heterocycles. The van der Waals surface area contributed by atoms with Gasteiger partial charge in [-0.1, -0.05) is 66.7 Å². The number of carbonyl (C=O) groups is 1. The summed E-state index contributed by atoms with van der Waals surface area (Å²) in [5, 5.41) is 1.26. The Morgan fingerprint density at radius 2 is 1.52 bits per heavy atom. The molecule has 3 aromatic carbocycles. The maximum Gasteiger partial charge on any atom is 0.254 e. The van der Waals surface area contributed by atoms with Gasteiger partial charge >= 0.3 is 0 Å². The van der Waals surface area contributed by atoms with E-state index < -0.39 is 0 Å². The van der Waals surface area contributed by atoms with E-state index in [9.17, 15) is 4.79 Å². The predicted octanol–water partition coefficient (Wildman–Crippen LogP) is 4.96. The molecule has 5 rings (SSSR count). The van der Waals surface area contributed by atoms with E-state index in [4.69, 9.17) is 0 Å². The standard InChI is InChI=1S/C24H20N2O/c27-24(18-11-5-2-6-12-18)26-16-15-20-19-13-7-8-14-21(19)25-22(20)23(26)17-9-3-1-4-10-17/h1-14,23,25H,15-16H2/t23-/m0/s1. The van der Waals surface area contributed by atoms with E-state index in [1.807, 2.05) is 53.4 Å². The van der Waals surface area contributed by atoms with Crippen LogP contribution in [0.1, 0.15) is 33.2 Å². The molecule has 4 aromatic rings. The number of amides is 1. The van der Waals surface area contributed by atoms with Gasteiger partial charge < -0.3 is 9.88 Å². The fourth-order valence-corrected chi connectivity index (χ4v) is 4.19. The molecule has 0 saturated heterocycles. The molecule has 0 unspecified atom stereocenters. The Morgan fingerprint density at radius 3 is 2.30 bits per heavy atom. The van der Waals surface area contributed by atoms with Crippen molar-refractivity contribution in [3.05, 3.63) is 107 Å².